The van der Waals surface area contributed by atoms with Crippen LogP contribution >= 0.6 is 24.0 Å². The van der Waals surface area contributed by atoms with Crippen molar-refractivity contribution in [3.63, 3.8) is 0 Å². The second-order valence-electron chi connectivity index (χ2n) is 6.77. The van der Waals surface area contributed by atoms with Gasteiger partial charge in [-0.2, -0.15) is 18.3 Å². The molecule has 0 aromatic carbocycles. The first-order valence-electron chi connectivity index (χ1n) is 9.39. The lowest BCUT2D eigenvalue weighted by Crippen LogP contribution is -2.46. The van der Waals surface area contributed by atoms with Crippen LogP contribution in [0.15, 0.2) is 23.3 Å². The largest absolute Gasteiger partial charge is 0.468 e. The third kappa shape index (κ3) is 7.79. The van der Waals surface area contributed by atoms with Crippen LogP contribution in [0.5, 0.6) is 5.88 Å². The molecule has 0 amide bonds. The molecule has 3 rings (SSSR count). The van der Waals surface area contributed by atoms with Crippen molar-refractivity contribution >= 4 is 29.9 Å². The number of aliphatic imine (C=N–C) groups is 1. The molecule has 3 heterocycles. The number of fused-ring (bicyclic) bond motifs is 1. The molecule has 0 radical (unpaired) electrons. The van der Waals surface area contributed by atoms with Gasteiger partial charge >= 0.3 is 6.18 Å². The zero-order chi connectivity index (χ0) is 21.6. The van der Waals surface area contributed by atoms with Crippen LogP contribution in [0.2, 0.25) is 0 Å². The minimum absolute atomic E-state index is 0. The van der Waals surface area contributed by atoms with Crippen LogP contribution < -0.4 is 15.4 Å². The van der Waals surface area contributed by atoms with Crippen LogP contribution in [-0.4, -0.2) is 58.7 Å². The predicted octanol–water partition coefficient (Wildman–Crippen LogP) is 2.06. The molecule has 1 atom stereocenters. The highest BCUT2D eigenvalue weighted by Gasteiger charge is 2.28. The summed E-state index contributed by atoms with van der Waals surface area (Å²) in [5, 5.41) is 11.0. The van der Waals surface area contributed by atoms with Gasteiger partial charge in [0, 0.05) is 45.4 Å². The van der Waals surface area contributed by atoms with E-state index in [2.05, 4.69) is 35.4 Å². The summed E-state index contributed by atoms with van der Waals surface area (Å²) in [7, 11) is 3.28. The van der Waals surface area contributed by atoms with E-state index in [0.29, 0.717) is 31.5 Å². The maximum Gasteiger partial charge on any atom is 0.422 e. The van der Waals surface area contributed by atoms with Gasteiger partial charge in [0.25, 0.3) is 0 Å². The van der Waals surface area contributed by atoms with Gasteiger partial charge in [-0.15, -0.1) is 24.0 Å². The third-order valence-electron chi connectivity index (χ3n) is 4.38. The lowest BCUT2D eigenvalue weighted by atomic mass is 10.1. The van der Waals surface area contributed by atoms with Crippen molar-refractivity contribution in [3.05, 3.63) is 35.5 Å². The molecule has 9 nitrogen and oxygen atoms in total. The van der Waals surface area contributed by atoms with Crippen LogP contribution in [0.4, 0.5) is 13.2 Å². The van der Waals surface area contributed by atoms with E-state index >= 15 is 0 Å². The number of ether oxygens (including phenoxy) is 2. The van der Waals surface area contributed by atoms with Crippen LogP contribution in [0, 0.1) is 0 Å². The summed E-state index contributed by atoms with van der Waals surface area (Å²) in [6.07, 6.45) is -1.24. The maximum atomic E-state index is 12.2. The molecule has 172 valence electrons. The number of pyridine rings is 1. The average Bonchev–Trinajstić information content (AvgIpc) is 3.11. The van der Waals surface area contributed by atoms with E-state index in [4.69, 9.17) is 4.74 Å². The van der Waals surface area contributed by atoms with Crippen molar-refractivity contribution in [2.45, 2.75) is 44.8 Å². The molecule has 0 saturated carbocycles. The van der Waals surface area contributed by atoms with Gasteiger partial charge in [-0.25, -0.2) is 14.6 Å². The fraction of sp³-hybridized carbons (Fsp3) is 0.556. The van der Waals surface area contributed by atoms with Crippen molar-refractivity contribution in [3.8, 4) is 5.88 Å². The molecule has 0 aliphatic carbocycles. The number of rotatable bonds is 7. The normalized spacial score (nSPS) is 16.3. The number of methoxy groups -OCH3 is 1. The molecule has 0 saturated heterocycles. The Morgan fingerprint density at radius 1 is 1.35 bits per heavy atom. The van der Waals surface area contributed by atoms with Crippen molar-refractivity contribution < 1.29 is 22.6 Å². The summed E-state index contributed by atoms with van der Waals surface area (Å²) in [6.45, 7) is 0.0937. The van der Waals surface area contributed by atoms with E-state index < -0.39 is 12.8 Å². The zero-order valence-electron chi connectivity index (χ0n) is 17.1. The van der Waals surface area contributed by atoms with E-state index in [-0.39, 0.29) is 35.9 Å². The molecule has 1 unspecified atom stereocenters. The highest BCUT2D eigenvalue weighted by molar-refractivity contribution is 14.0. The number of guanidine groups is 1. The van der Waals surface area contributed by atoms with Gasteiger partial charge in [0.1, 0.15) is 12.4 Å². The Hall–Kier alpha value is -2.16. The molecular formula is C18H25F3IN7O2. The number of aryl methyl sites for hydroxylation is 1. The summed E-state index contributed by atoms with van der Waals surface area (Å²) < 4.78 is 48.1. The predicted molar refractivity (Wildman–Crippen MR) is 117 cm³/mol. The smallest absolute Gasteiger partial charge is 0.422 e. The average molecular weight is 555 g/mol. The van der Waals surface area contributed by atoms with E-state index in [9.17, 15) is 13.2 Å². The van der Waals surface area contributed by atoms with Gasteiger partial charge in [-0.1, -0.05) is 6.07 Å². The van der Waals surface area contributed by atoms with Crippen molar-refractivity contribution in [2.24, 2.45) is 4.99 Å². The van der Waals surface area contributed by atoms with Crippen molar-refractivity contribution in [1.29, 1.82) is 0 Å². The summed E-state index contributed by atoms with van der Waals surface area (Å²) in [5.74, 6) is 2.16. The molecule has 13 heteroatoms. The zero-order valence-corrected chi connectivity index (χ0v) is 19.5. The van der Waals surface area contributed by atoms with Crippen molar-refractivity contribution in [1.82, 2.24) is 30.4 Å². The molecule has 2 aromatic heterocycles. The molecule has 1 aliphatic heterocycles. The number of halogens is 4. The lowest BCUT2D eigenvalue weighted by Gasteiger charge is -2.25. The van der Waals surface area contributed by atoms with Crippen molar-refractivity contribution in [2.75, 3.05) is 20.8 Å². The van der Waals surface area contributed by atoms with Gasteiger partial charge in [0.2, 0.25) is 5.88 Å². The SMILES string of the molecule is CN=C(NCc1ccc(OCC(F)(F)F)nc1)NC1CCc2nc(COC)nn2C1.I. The Balaban J connectivity index is 0.00000341. The molecular weight excluding hydrogens is 530 g/mol. The minimum atomic E-state index is -4.39. The maximum absolute atomic E-state index is 12.2. The summed E-state index contributed by atoms with van der Waals surface area (Å²) in [4.78, 5) is 12.6. The monoisotopic (exact) mass is 555 g/mol. The van der Waals surface area contributed by atoms with Gasteiger partial charge in [-0.05, 0) is 12.0 Å². The Labute approximate surface area is 194 Å². The molecule has 2 aromatic rings. The number of nitrogens with zero attached hydrogens (tertiary/aromatic N) is 5. The van der Waals surface area contributed by atoms with Crippen LogP contribution in [0.3, 0.4) is 0 Å². The summed E-state index contributed by atoms with van der Waals surface area (Å²) in [5.41, 5.74) is 0.781. The number of nitrogens with one attached hydrogen (secondary N) is 2. The fourth-order valence-corrected chi connectivity index (χ4v) is 3.00. The van der Waals surface area contributed by atoms with E-state index in [0.717, 1.165) is 24.2 Å². The van der Waals surface area contributed by atoms with Crippen LogP contribution in [0.1, 0.15) is 23.6 Å². The van der Waals surface area contributed by atoms with Gasteiger partial charge in [-0.3, -0.25) is 4.99 Å². The molecule has 2 N–H and O–H groups in total. The number of aromatic nitrogens is 4. The Bertz CT molecular complexity index is 859. The van der Waals surface area contributed by atoms with E-state index in [1.807, 2.05) is 4.68 Å². The number of hydrogen-bond donors (Lipinski definition) is 2. The first-order valence-corrected chi connectivity index (χ1v) is 9.39. The fourth-order valence-electron chi connectivity index (χ4n) is 3.00. The van der Waals surface area contributed by atoms with Crippen LogP contribution in [0.25, 0.3) is 0 Å². The highest BCUT2D eigenvalue weighted by atomic mass is 127. The Kier molecular flexibility index (Phi) is 9.28. The first-order chi connectivity index (χ1) is 14.4. The van der Waals surface area contributed by atoms with Gasteiger partial charge < -0.3 is 20.1 Å². The Morgan fingerprint density at radius 3 is 2.81 bits per heavy atom. The summed E-state index contributed by atoms with van der Waals surface area (Å²) >= 11 is 0. The number of hydrogen-bond acceptors (Lipinski definition) is 6. The Morgan fingerprint density at radius 2 is 2.16 bits per heavy atom. The highest BCUT2D eigenvalue weighted by Crippen LogP contribution is 2.17. The molecule has 0 fully saturated rings. The second kappa shape index (κ2) is 11.5. The standard InChI is InChI=1S/C18H24F3N7O2.HI/c1-22-17(24-8-12-3-6-16(23-7-12)30-11-18(19,20)21)25-13-4-5-15-26-14(10-29-2)27-28(15)9-13;/h3,6-7,13H,4-5,8-11H2,1-2H3,(H2,22,24,25);1H. The van der Waals surface area contributed by atoms with Gasteiger partial charge in [0.15, 0.2) is 18.4 Å². The lowest BCUT2D eigenvalue weighted by molar-refractivity contribution is -0.154. The van der Waals surface area contributed by atoms with Gasteiger partial charge in [0.05, 0.1) is 6.54 Å². The second-order valence-corrected chi connectivity index (χ2v) is 6.77. The summed E-state index contributed by atoms with van der Waals surface area (Å²) in [6, 6.07) is 3.19. The first kappa shape index (κ1) is 25.1. The quantitative estimate of drug-likeness (QED) is 0.307. The molecule has 1 aliphatic rings. The van der Waals surface area contributed by atoms with E-state index in [1.165, 1.54) is 12.3 Å². The van der Waals surface area contributed by atoms with Crippen LogP contribution in [-0.2, 0) is 30.9 Å². The molecule has 0 bridgehead atoms. The molecule has 0 spiro atoms. The third-order valence-corrected chi connectivity index (χ3v) is 4.38. The number of alkyl halides is 3. The topological polar surface area (TPSA) is 98.5 Å². The van der Waals surface area contributed by atoms with E-state index in [1.54, 1.807) is 20.2 Å². The minimum Gasteiger partial charge on any atom is -0.468 e. The molecule has 31 heavy (non-hydrogen) atoms.